The maximum atomic E-state index is 12.8. The van der Waals surface area contributed by atoms with Crippen molar-refractivity contribution in [2.45, 2.75) is 41.2 Å². The summed E-state index contributed by atoms with van der Waals surface area (Å²) in [6.45, 7) is 11.0. The van der Waals surface area contributed by atoms with Crippen molar-refractivity contribution >= 4 is 22.4 Å². The van der Waals surface area contributed by atoms with Gasteiger partial charge in [-0.25, -0.2) is 0 Å². The summed E-state index contributed by atoms with van der Waals surface area (Å²) in [5.74, 6) is 1.33. The first kappa shape index (κ1) is 25.1. The number of fused-ring (bicyclic) bond motifs is 1. The lowest BCUT2D eigenvalue weighted by Crippen LogP contribution is -2.20. The molecule has 0 fully saturated rings. The van der Waals surface area contributed by atoms with E-state index in [1.54, 1.807) is 13.2 Å². The van der Waals surface area contributed by atoms with Crippen LogP contribution in [0.3, 0.4) is 0 Å². The van der Waals surface area contributed by atoms with E-state index < -0.39 is 0 Å². The lowest BCUT2D eigenvalue weighted by molar-refractivity contribution is -0.116. The second-order valence-corrected chi connectivity index (χ2v) is 9.05. The predicted octanol–water partition coefficient (Wildman–Crippen LogP) is 7.15. The number of aryl methyl sites for hydroxylation is 3. The van der Waals surface area contributed by atoms with Crippen LogP contribution in [0, 0.1) is 20.8 Å². The zero-order valence-corrected chi connectivity index (χ0v) is 21.8. The summed E-state index contributed by atoms with van der Waals surface area (Å²) < 4.78 is 17.3. The highest BCUT2D eigenvalue weighted by molar-refractivity contribution is 6.02. The molecule has 4 aromatic rings. The molecule has 0 saturated heterocycles. The van der Waals surface area contributed by atoms with Gasteiger partial charge in [0.15, 0.2) is 0 Å². The molecule has 3 aromatic carbocycles. The summed E-state index contributed by atoms with van der Waals surface area (Å²) in [4.78, 5) is 12.8. The monoisotopic (exact) mass is 483 g/mol. The molecule has 0 aliphatic heterocycles. The first-order valence-electron chi connectivity index (χ1n) is 12.2. The standard InChI is InChI=1S/C31H33NO4/c1-7-35-30-22(5)31-27(28(18-36-31)25-12-11-19(2)13-20(25)3)16-26(30)21(4)14-29(33)32-17-23-9-8-10-24(15-23)34-6/h8-16,18H,7,17H2,1-6H3,(H,32,33)/b21-14+. The zero-order valence-electron chi connectivity index (χ0n) is 21.8. The first-order chi connectivity index (χ1) is 17.3. The third kappa shape index (κ3) is 5.15. The number of ether oxygens (including phenoxy) is 2. The van der Waals surface area contributed by atoms with Crippen LogP contribution in [0.2, 0.25) is 0 Å². The average Bonchev–Trinajstić information content (AvgIpc) is 3.28. The number of carbonyl (C=O) groups is 1. The average molecular weight is 484 g/mol. The molecule has 0 spiro atoms. The highest BCUT2D eigenvalue weighted by atomic mass is 16.5. The number of rotatable bonds is 8. The van der Waals surface area contributed by atoms with Crippen LogP contribution < -0.4 is 14.8 Å². The predicted molar refractivity (Wildman–Crippen MR) is 146 cm³/mol. The van der Waals surface area contributed by atoms with E-state index in [9.17, 15) is 4.79 Å². The number of nitrogens with one attached hydrogen (secondary N) is 1. The molecule has 0 atom stereocenters. The molecule has 1 heterocycles. The maximum Gasteiger partial charge on any atom is 0.244 e. The molecule has 186 valence electrons. The number of furan rings is 1. The van der Waals surface area contributed by atoms with Crippen LogP contribution in [0.5, 0.6) is 11.5 Å². The van der Waals surface area contributed by atoms with Gasteiger partial charge in [0.1, 0.15) is 17.1 Å². The van der Waals surface area contributed by atoms with Gasteiger partial charge in [0.05, 0.1) is 20.0 Å². The topological polar surface area (TPSA) is 60.7 Å². The SMILES string of the molecule is CCOc1c(/C(C)=C/C(=O)NCc2cccc(OC)c2)cc2c(-c3ccc(C)cc3C)coc2c1C. The number of amides is 1. The Morgan fingerprint density at radius 3 is 2.58 bits per heavy atom. The van der Waals surface area contributed by atoms with Gasteiger partial charge in [-0.2, -0.15) is 0 Å². The summed E-state index contributed by atoms with van der Waals surface area (Å²) in [7, 11) is 1.63. The van der Waals surface area contributed by atoms with Crippen molar-refractivity contribution in [2.75, 3.05) is 13.7 Å². The van der Waals surface area contributed by atoms with Crippen molar-refractivity contribution in [1.29, 1.82) is 0 Å². The van der Waals surface area contributed by atoms with E-state index in [4.69, 9.17) is 13.9 Å². The second-order valence-electron chi connectivity index (χ2n) is 9.05. The largest absolute Gasteiger partial charge is 0.497 e. The van der Waals surface area contributed by atoms with E-state index in [-0.39, 0.29) is 5.91 Å². The number of hydrogen-bond donors (Lipinski definition) is 1. The summed E-state index contributed by atoms with van der Waals surface area (Å²) in [6, 6.07) is 16.2. The molecule has 0 bridgehead atoms. The van der Waals surface area contributed by atoms with Crippen molar-refractivity contribution in [3.05, 3.63) is 88.7 Å². The van der Waals surface area contributed by atoms with Gasteiger partial charge in [0, 0.05) is 34.7 Å². The third-order valence-corrected chi connectivity index (χ3v) is 6.38. The number of methoxy groups -OCH3 is 1. The molecule has 5 nitrogen and oxygen atoms in total. The highest BCUT2D eigenvalue weighted by Gasteiger charge is 2.20. The number of benzene rings is 3. The van der Waals surface area contributed by atoms with Gasteiger partial charge < -0.3 is 19.2 Å². The summed E-state index contributed by atoms with van der Waals surface area (Å²) in [5.41, 5.74) is 8.96. The van der Waals surface area contributed by atoms with Crippen LogP contribution in [0.25, 0.3) is 27.7 Å². The molecule has 1 N–H and O–H groups in total. The van der Waals surface area contributed by atoms with Crippen LogP contribution in [0.4, 0.5) is 0 Å². The van der Waals surface area contributed by atoms with Gasteiger partial charge in [0.25, 0.3) is 0 Å². The van der Waals surface area contributed by atoms with E-state index in [0.717, 1.165) is 55.9 Å². The molecule has 1 amide bonds. The highest BCUT2D eigenvalue weighted by Crippen LogP contribution is 2.41. The maximum absolute atomic E-state index is 12.8. The Balaban J connectivity index is 1.70. The van der Waals surface area contributed by atoms with Crippen molar-refractivity contribution in [3.63, 3.8) is 0 Å². The van der Waals surface area contributed by atoms with Crippen LogP contribution >= 0.6 is 0 Å². The van der Waals surface area contributed by atoms with E-state index in [1.807, 2.05) is 51.3 Å². The smallest absolute Gasteiger partial charge is 0.244 e. The van der Waals surface area contributed by atoms with E-state index in [1.165, 1.54) is 11.1 Å². The van der Waals surface area contributed by atoms with Crippen molar-refractivity contribution in [3.8, 4) is 22.6 Å². The summed E-state index contributed by atoms with van der Waals surface area (Å²) in [6.07, 6.45) is 3.44. The molecule has 0 unspecified atom stereocenters. The van der Waals surface area contributed by atoms with Crippen molar-refractivity contribution in [1.82, 2.24) is 5.32 Å². The van der Waals surface area contributed by atoms with Gasteiger partial charge in [-0.3, -0.25) is 4.79 Å². The molecule has 0 saturated carbocycles. The normalized spacial score (nSPS) is 11.6. The van der Waals surface area contributed by atoms with Crippen LogP contribution in [-0.4, -0.2) is 19.6 Å². The Bertz CT molecular complexity index is 1440. The molecular weight excluding hydrogens is 450 g/mol. The Hall–Kier alpha value is -3.99. The number of allylic oxidation sites excluding steroid dienone is 1. The lowest BCUT2D eigenvalue weighted by Gasteiger charge is -2.15. The van der Waals surface area contributed by atoms with Crippen LogP contribution in [0.15, 0.2) is 65.3 Å². The molecular formula is C31H33NO4. The number of carbonyl (C=O) groups excluding carboxylic acids is 1. The molecule has 5 heteroatoms. The fourth-order valence-electron chi connectivity index (χ4n) is 4.56. The van der Waals surface area contributed by atoms with E-state index in [2.05, 4.69) is 43.4 Å². The first-order valence-corrected chi connectivity index (χ1v) is 12.2. The van der Waals surface area contributed by atoms with Crippen molar-refractivity contribution in [2.24, 2.45) is 0 Å². The fraction of sp³-hybridized carbons (Fsp3) is 0.258. The Labute approximate surface area is 212 Å². The molecule has 1 aromatic heterocycles. The zero-order chi connectivity index (χ0) is 25.8. The second kappa shape index (κ2) is 10.7. The van der Waals surface area contributed by atoms with Crippen LogP contribution in [-0.2, 0) is 11.3 Å². The fourth-order valence-corrected chi connectivity index (χ4v) is 4.56. The van der Waals surface area contributed by atoms with Gasteiger partial charge >= 0.3 is 0 Å². The Morgan fingerprint density at radius 2 is 1.86 bits per heavy atom. The lowest BCUT2D eigenvalue weighted by atomic mass is 9.94. The van der Waals surface area contributed by atoms with Gasteiger partial charge in [0.2, 0.25) is 5.91 Å². The van der Waals surface area contributed by atoms with Gasteiger partial charge in [-0.1, -0.05) is 35.9 Å². The molecule has 4 rings (SSSR count). The molecule has 0 radical (unpaired) electrons. The molecule has 0 aliphatic rings. The minimum Gasteiger partial charge on any atom is -0.497 e. The third-order valence-electron chi connectivity index (χ3n) is 6.38. The minimum atomic E-state index is -0.169. The summed E-state index contributed by atoms with van der Waals surface area (Å²) in [5, 5.41) is 3.97. The quantitative estimate of drug-likeness (QED) is 0.270. The Morgan fingerprint density at radius 1 is 1.06 bits per heavy atom. The molecule has 0 aliphatic carbocycles. The molecule has 36 heavy (non-hydrogen) atoms. The van der Waals surface area contributed by atoms with Gasteiger partial charge in [-0.15, -0.1) is 0 Å². The summed E-state index contributed by atoms with van der Waals surface area (Å²) >= 11 is 0. The van der Waals surface area contributed by atoms with Crippen molar-refractivity contribution < 1.29 is 18.7 Å². The van der Waals surface area contributed by atoms with E-state index in [0.29, 0.717) is 13.2 Å². The van der Waals surface area contributed by atoms with Crippen LogP contribution in [0.1, 0.15) is 41.7 Å². The minimum absolute atomic E-state index is 0.169. The van der Waals surface area contributed by atoms with E-state index >= 15 is 0 Å². The number of hydrogen-bond acceptors (Lipinski definition) is 4. The van der Waals surface area contributed by atoms with Gasteiger partial charge in [-0.05, 0) is 75.1 Å². The Kier molecular flexibility index (Phi) is 7.49.